The maximum absolute atomic E-state index is 11.0. The fourth-order valence-electron chi connectivity index (χ4n) is 1.86. The first-order valence-electron chi connectivity index (χ1n) is 4.84. The SMILES string of the molecule is Cc1nn2c(c1C(=O)O)COC(C)(C)C2.[KH]. The Balaban J connectivity index is 0.00000128. The molecular formula is C10H15KN2O3. The molecule has 6 heteroatoms. The van der Waals surface area contributed by atoms with E-state index in [-0.39, 0.29) is 62.5 Å². The van der Waals surface area contributed by atoms with Crippen LogP contribution in [0.2, 0.25) is 0 Å². The van der Waals surface area contributed by atoms with Crippen molar-refractivity contribution in [1.82, 2.24) is 9.78 Å². The van der Waals surface area contributed by atoms with Gasteiger partial charge in [0.2, 0.25) is 0 Å². The predicted molar refractivity (Wildman–Crippen MR) is 59.9 cm³/mol. The molecule has 0 saturated heterocycles. The van der Waals surface area contributed by atoms with E-state index in [0.717, 1.165) is 0 Å². The van der Waals surface area contributed by atoms with Crippen molar-refractivity contribution in [2.75, 3.05) is 0 Å². The molecular weight excluding hydrogens is 235 g/mol. The van der Waals surface area contributed by atoms with Crippen LogP contribution < -0.4 is 0 Å². The molecule has 0 fully saturated rings. The molecule has 0 unspecified atom stereocenters. The molecule has 2 rings (SSSR count). The summed E-state index contributed by atoms with van der Waals surface area (Å²) in [5, 5.41) is 13.3. The molecule has 0 aliphatic carbocycles. The number of aryl methyl sites for hydroxylation is 1. The molecule has 1 aromatic heterocycles. The van der Waals surface area contributed by atoms with Crippen LogP contribution in [0.3, 0.4) is 0 Å². The average Bonchev–Trinajstić information content (AvgIpc) is 2.37. The zero-order valence-electron chi connectivity index (χ0n) is 9.07. The number of hydrogen-bond acceptors (Lipinski definition) is 3. The molecule has 1 N–H and O–H groups in total. The molecule has 0 amide bonds. The Kier molecular flexibility index (Phi) is 4.37. The normalized spacial score (nSPS) is 17.4. The summed E-state index contributed by atoms with van der Waals surface area (Å²) in [7, 11) is 0. The van der Waals surface area contributed by atoms with Crippen LogP contribution in [-0.2, 0) is 17.9 Å². The second kappa shape index (κ2) is 4.87. The van der Waals surface area contributed by atoms with Gasteiger partial charge in [-0.1, -0.05) is 0 Å². The Morgan fingerprint density at radius 2 is 2.19 bits per heavy atom. The third kappa shape index (κ3) is 2.57. The number of carbonyl (C=O) groups is 1. The van der Waals surface area contributed by atoms with Crippen molar-refractivity contribution in [2.45, 2.75) is 39.5 Å². The molecule has 16 heavy (non-hydrogen) atoms. The van der Waals surface area contributed by atoms with Crippen molar-refractivity contribution in [3.8, 4) is 0 Å². The molecule has 1 aliphatic rings. The number of rotatable bonds is 1. The number of carboxylic acids is 1. The molecule has 0 radical (unpaired) electrons. The van der Waals surface area contributed by atoms with Gasteiger partial charge in [-0.05, 0) is 20.8 Å². The van der Waals surface area contributed by atoms with Crippen molar-refractivity contribution in [2.24, 2.45) is 0 Å². The zero-order chi connectivity index (χ0) is 11.2. The number of nitrogens with zero attached hydrogens (tertiary/aromatic N) is 2. The van der Waals surface area contributed by atoms with E-state index in [2.05, 4.69) is 5.10 Å². The van der Waals surface area contributed by atoms with E-state index in [0.29, 0.717) is 24.5 Å². The van der Waals surface area contributed by atoms with Crippen LogP contribution in [0.15, 0.2) is 0 Å². The molecule has 0 bridgehead atoms. The van der Waals surface area contributed by atoms with E-state index in [9.17, 15) is 4.79 Å². The first kappa shape index (κ1) is 14.3. The summed E-state index contributed by atoms with van der Waals surface area (Å²) in [5.41, 5.74) is 1.23. The van der Waals surface area contributed by atoms with Crippen molar-refractivity contribution >= 4 is 57.4 Å². The molecule has 0 atom stereocenters. The number of carboxylic acid groups (broad SMARTS) is 1. The van der Waals surface area contributed by atoms with Gasteiger partial charge in [0.1, 0.15) is 5.56 Å². The quantitative estimate of drug-likeness (QED) is 0.739. The van der Waals surface area contributed by atoms with Crippen molar-refractivity contribution < 1.29 is 14.6 Å². The number of ether oxygens (including phenoxy) is 1. The fourth-order valence-corrected chi connectivity index (χ4v) is 1.86. The van der Waals surface area contributed by atoms with Crippen LogP contribution in [0, 0.1) is 6.92 Å². The first-order chi connectivity index (χ1) is 6.91. The molecule has 5 nitrogen and oxygen atoms in total. The van der Waals surface area contributed by atoms with E-state index < -0.39 is 5.97 Å². The van der Waals surface area contributed by atoms with Crippen LogP contribution in [0.25, 0.3) is 0 Å². The molecule has 84 valence electrons. The van der Waals surface area contributed by atoms with Crippen LogP contribution >= 0.6 is 0 Å². The molecule has 0 saturated carbocycles. The summed E-state index contributed by atoms with van der Waals surface area (Å²) < 4.78 is 7.31. The first-order valence-corrected chi connectivity index (χ1v) is 4.84. The minimum atomic E-state index is -0.933. The Bertz CT molecular complexity index is 426. The minimum absolute atomic E-state index is 0. The van der Waals surface area contributed by atoms with Gasteiger partial charge in [0.05, 0.1) is 30.1 Å². The summed E-state index contributed by atoms with van der Waals surface area (Å²) in [4.78, 5) is 11.0. The van der Waals surface area contributed by atoms with Gasteiger partial charge in [0, 0.05) is 0 Å². The Labute approximate surface area is 137 Å². The van der Waals surface area contributed by atoms with Gasteiger partial charge in [-0.15, -0.1) is 0 Å². The van der Waals surface area contributed by atoms with Crippen molar-refractivity contribution in [3.05, 3.63) is 17.0 Å². The number of hydrogen-bond donors (Lipinski definition) is 1. The second-order valence-electron chi connectivity index (χ2n) is 4.42. The fraction of sp³-hybridized carbons (Fsp3) is 0.600. The van der Waals surface area contributed by atoms with E-state index in [1.165, 1.54) is 0 Å². The van der Waals surface area contributed by atoms with Crippen LogP contribution in [-0.4, -0.2) is 77.8 Å². The molecule has 2 heterocycles. The van der Waals surface area contributed by atoms with Crippen LogP contribution in [0.1, 0.15) is 35.6 Å². The molecule has 0 spiro atoms. The second-order valence-corrected chi connectivity index (χ2v) is 4.42. The van der Waals surface area contributed by atoms with Crippen LogP contribution in [0.5, 0.6) is 0 Å². The van der Waals surface area contributed by atoms with E-state index in [1.807, 2.05) is 13.8 Å². The zero-order valence-corrected chi connectivity index (χ0v) is 9.07. The van der Waals surface area contributed by atoms with Gasteiger partial charge >= 0.3 is 57.4 Å². The van der Waals surface area contributed by atoms with Crippen molar-refractivity contribution in [1.29, 1.82) is 0 Å². The standard InChI is InChI=1S/C10H14N2O3.K.H/c1-6-8(9(13)14)7-4-15-10(2,3)5-12(7)11-6;;/h4-5H2,1-3H3,(H,13,14);;. The maximum atomic E-state index is 11.0. The monoisotopic (exact) mass is 250 g/mol. The Hall–Kier alpha value is 0.276. The van der Waals surface area contributed by atoms with E-state index in [1.54, 1.807) is 11.6 Å². The topological polar surface area (TPSA) is 64.4 Å². The van der Waals surface area contributed by atoms with Gasteiger partial charge in [0.25, 0.3) is 0 Å². The Morgan fingerprint density at radius 3 is 2.75 bits per heavy atom. The molecule has 1 aromatic rings. The van der Waals surface area contributed by atoms with Gasteiger partial charge < -0.3 is 9.84 Å². The number of aromatic carboxylic acids is 1. The average molecular weight is 250 g/mol. The summed E-state index contributed by atoms with van der Waals surface area (Å²) in [6.07, 6.45) is 0. The van der Waals surface area contributed by atoms with Crippen LogP contribution in [0.4, 0.5) is 0 Å². The summed E-state index contributed by atoms with van der Waals surface area (Å²) >= 11 is 0. The van der Waals surface area contributed by atoms with E-state index in [4.69, 9.17) is 9.84 Å². The third-order valence-corrected chi connectivity index (χ3v) is 2.58. The number of fused-ring (bicyclic) bond motifs is 1. The summed E-state index contributed by atoms with van der Waals surface area (Å²) in [5.74, 6) is -0.933. The van der Waals surface area contributed by atoms with Crippen molar-refractivity contribution in [3.63, 3.8) is 0 Å². The summed E-state index contributed by atoms with van der Waals surface area (Å²) in [6.45, 7) is 6.55. The molecule has 0 aromatic carbocycles. The Morgan fingerprint density at radius 1 is 1.56 bits per heavy atom. The van der Waals surface area contributed by atoms with Gasteiger partial charge in [-0.2, -0.15) is 5.10 Å². The predicted octanol–water partition coefficient (Wildman–Crippen LogP) is 0.550. The summed E-state index contributed by atoms with van der Waals surface area (Å²) in [6, 6.07) is 0. The van der Waals surface area contributed by atoms with E-state index >= 15 is 0 Å². The van der Waals surface area contributed by atoms with Gasteiger partial charge in [-0.3, -0.25) is 4.68 Å². The van der Waals surface area contributed by atoms with Gasteiger partial charge in [-0.25, -0.2) is 4.79 Å². The number of aromatic nitrogens is 2. The molecule has 1 aliphatic heterocycles. The van der Waals surface area contributed by atoms with Gasteiger partial charge in [0.15, 0.2) is 0 Å². The third-order valence-electron chi connectivity index (χ3n) is 2.58.